The number of carboxylic acid groups (broad SMARTS) is 1. The molecular formula is C14H21NO3. The third-order valence-corrected chi connectivity index (χ3v) is 4.04. The average molecular weight is 251 g/mol. The lowest BCUT2D eigenvalue weighted by Gasteiger charge is -2.35. The summed E-state index contributed by atoms with van der Waals surface area (Å²) in [5.41, 5.74) is 0. The van der Waals surface area contributed by atoms with E-state index in [0.717, 1.165) is 25.9 Å². The van der Waals surface area contributed by atoms with E-state index in [1.54, 1.807) is 0 Å². The second kappa shape index (κ2) is 5.55. The van der Waals surface area contributed by atoms with Gasteiger partial charge in [-0.15, -0.1) is 0 Å². The largest absolute Gasteiger partial charge is 0.481 e. The summed E-state index contributed by atoms with van der Waals surface area (Å²) in [5, 5.41) is 9.20. The van der Waals surface area contributed by atoms with Gasteiger partial charge in [0.15, 0.2) is 0 Å². The molecular weight excluding hydrogens is 230 g/mol. The number of carbonyl (C=O) groups is 2. The van der Waals surface area contributed by atoms with Gasteiger partial charge in [-0.05, 0) is 31.6 Å². The first-order chi connectivity index (χ1) is 8.59. The number of allylic oxidation sites excluding steroid dienone is 2. The van der Waals surface area contributed by atoms with E-state index in [0.29, 0.717) is 18.8 Å². The highest BCUT2D eigenvalue weighted by Crippen LogP contribution is 2.29. The quantitative estimate of drug-likeness (QED) is 0.763. The van der Waals surface area contributed by atoms with E-state index >= 15 is 0 Å². The van der Waals surface area contributed by atoms with Gasteiger partial charge in [-0.2, -0.15) is 0 Å². The molecule has 0 spiro atoms. The minimum atomic E-state index is -0.845. The van der Waals surface area contributed by atoms with Gasteiger partial charge >= 0.3 is 5.97 Å². The van der Waals surface area contributed by atoms with Crippen LogP contribution >= 0.6 is 0 Å². The first-order valence-corrected chi connectivity index (χ1v) is 6.76. The molecule has 18 heavy (non-hydrogen) atoms. The van der Waals surface area contributed by atoms with Crippen molar-refractivity contribution >= 4 is 11.9 Å². The summed E-state index contributed by atoms with van der Waals surface area (Å²) in [4.78, 5) is 25.5. The summed E-state index contributed by atoms with van der Waals surface area (Å²) < 4.78 is 0. The minimum absolute atomic E-state index is 0.0401. The second-order valence-corrected chi connectivity index (χ2v) is 5.53. The molecule has 1 N–H and O–H groups in total. The first-order valence-electron chi connectivity index (χ1n) is 6.76. The molecule has 3 atom stereocenters. The number of nitrogens with zero attached hydrogens (tertiary/aromatic N) is 1. The van der Waals surface area contributed by atoms with Crippen LogP contribution in [0.4, 0.5) is 0 Å². The molecule has 4 nitrogen and oxygen atoms in total. The zero-order valence-corrected chi connectivity index (χ0v) is 10.8. The van der Waals surface area contributed by atoms with Crippen LogP contribution in [0, 0.1) is 17.8 Å². The molecule has 2 aliphatic rings. The smallest absolute Gasteiger partial charge is 0.307 e. The lowest BCUT2D eigenvalue weighted by molar-refractivity contribution is -0.151. The molecule has 0 aromatic carbocycles. The molecule has 2 rings (SSSR count). The van der Waals surface area contributed by atoms with E-state index in [9.17, 15) is 14.7 Å². The third-order valence-electron chi connectivity index (χ3n) is 4.04. The van der Waals surface area contributed by atoms with Gasteiger partial charge in [-0.3, -0.25) is 9.59 Å². The van der Waals surface area contributed by atoms with Crippen molar-refractivity contribution in [2.24, 2.45) is 17.8 Å². The molecule has 1 aliphatic carbocycles. The number of hydrogen-bond donors (Lipinski definition) is 1. The summed E-state index contributed by atoms with van der Waals surface area (Å²) in [6, 6.07) is 0. The molecule has 1 heterocycles. The zero-order valence-electron chi connectivity index (χ0n) is 10.8. The van der Waals surface area contributed by atoms with Crippen LogP contribution in [0.5, 0.6) is 0 Å². The summed E-state index contributed by atoms with van der Waals surface area (Å²) in [5.74, 6) is -1.18. The highest BCUT2D eigenvalue weighted by atomic mass is 16.4. The minimum Gasteiger partial charge on any atom is -0.481 e. The van der Waals surface area contributed by atoms with Crippen molar-refractivity contribution in [1.82, 2.24) is 4.90 Å². The number of likely N-dealkylation sites (tertiary alicyclic amines) is 1. The Labute approximate surface area is 108 Å². The van der Waals surface area contributed by atoms with Gasteiger partial charge < -0.3 is 10.0 Å². The highest BCUT2D eigenvalue weighted by molar-refractivity contribution is 5.85. The number of aliphatic carboxylic acids is 1. The van der Waals surface area contributed by atoms with E-state index in [-0.39, 0.29) is 11.8 Å². The van der Waals surface area contributed by atoms with E-state index < -0.39 is 11.9 Å². The normalized spacial score (nSPS) is 32.3. The number of carboxylic acids is 1. The molecule has 1 aliphatic heterocycles. The number of hydrogen-bond acceptors (Lipinski definition) is 2. The predicted molar refractivity (Wildman–Crippen MR) is 68.0 cm³/mol. The second-order valence-electron chi connectivity index (χ2n) is 5.53. The van der Waals surface area contributed by atoms with Gasteiger partial charge in [-0.1, -0.05) is 19.1 Å². The molecule has 100 valence electrons. The van der Waals surface area contributed by atoms with Crippen LogP contribution in [0.2, 0.25) is 0 Å². The molecule has 3 unspecified atom stereocenters. The molecule has 0 radical (unpaired) electrons. The average Bonchev–Trinajstić information content (AvgIpc) is 2.38. The van der Waals surface area contributed by atoms with E-state index in [1.165, 1.54) is 0 Å². The molecule has 4 heteroatoms. The van der Waals surface area contributed by atoms with Gasteiger partial charge in [0.2, 0.25) is 5.91 Å². The Balaban J connectivity index is 2.06. The van der Waals surface area contributed by atoms with Crippen molar-refractivity contribution < 1.29 is 14.7 Å². The predicted octanol–water partition coefficient (Wildman–Crippen LogP) is 1.91. The molecule has 1 saturated heterocycles. The Morgan fingerprint density at radius 1 is 1.22 bits per heavy atom. The van der Waals surface area contributed by atoms with Gasteiger partial charge in [0, 0.05) is 13.1 Å². The van der Waals surface area contributed by atoms with E-state index in [1.807, 2.05) is 17.1 Å². The standard InChI is InChI=1S/C14H21NO3/c1-10-5-4-8-15(9-10)13(16)11-6-2-3-7-12(11)14(17)18/h2-3,10-12H,4-9H2,1H3,(H,17,18). The van der Waals surface area contributed by atoms with Gasteiger partial charge in [0.1, 0.15) is 0 Å². The third kappa shape index (κ3) is 2.74. The Morgan fingerprint density at radius 2 is 1.89 bits per heavy atom. The summed E-state index contributed by atoms with van der Waals surface area (Å²) >= 11 is 0. The van der Waals surface area contributed by atoms with Crippen LogP contribution in [0.25, 0.3) is 0 Å². The number of amides is 1. The van der Waals surface area contributed by atoms with Gasteiger partial charge in [0.25, 0.3) is 0 Å². The summed E-state index contributed by atoms with van der Waals surface area (Å²) in [6.07, 6.45) is 7.07. The maximum atomic E-state index is 12.4. The van der Waals surface area contributed by atoms with Crippen molar-refractivity contribution in [1.29, 1.82) is 0 Å². The first kappa shape index (κ1) is 13.1. The van der Waals surface area contributed by atoms with Crippen LogP contribution in [-0.4, -0.2) is 35.0 Å². The molecule has 0 aromatic heterocycles. The van der Waals surface area contributed by atoms with Gasteiger partial charge in [-0.25, -0.2) is 0 Å². The fraction of sp³-hybridized carbons (Fsp3) is 0.714. The van der Waals surface area contributed by atoms with Crippen molar-refractivity contribution in [3.63, 3.8) is 0 Å². The number of rotatable bonds is 2. The Bertz CT molecular complexity index is 364. The highest BCUT2D eigenvalue weighted by Gasteiger charge is 2.37. The molecule has 0 bridgehead atoms. The Hall–Kier alpha value is -1.32. The van der Waals surface area contributed by atoms with Gasteiger partial charge in [0.05, 0.1) is 11.8 Å². The summed E-state index contributed by atoms with van der Waals surface area (Å²) in [7, 11) is 0. The van der Waals surface area contributed by atoms with E-state index in [2.05, 4.69) is 6.92 Å². The van der Waals surface area contributed by atoms with Crippen molar-refractivity contribution in [2.45, 2.75) is 32.6 Å². The lowest BCUT2D eigenvalue weighted by Crippen LogP contribution is -2.45. The Kier molecular flexibility index (Phi) is 4.04. The zero-order chi connectivity index (χ0) is 13.1. The molecule has 0 saturated carbocycles. The van der Waals surface area contributed by atoms with Crippen LogP contribution in [0.15, 0.2) is 12.2 Å². The van der Waals surface area contributed by atoms with Crippen LogP contribution in [-0.2, 0) is 9.59 Å². The molecule has 1 amide bonds. The topological polar surface area (TPSA) is 57.6 Å². The van der Waals surface area contributed by atoms with Crippen molar-refractivity contribution in [3.05, 3.63) is 12.2 Å². The maximum absolute atomic E-state index is 12.4. The Morgan fingerprint density at radius 3 is 2.50 bits per heavy atom. The van der Waals surface area contributed by atoms with Crippen molar-refractivity contribution in [2.75, 3.05) is 13.1 Å². The number of carbonyl (C=O) groups excluding carboxylic acids is 1. The SMILES string of the molecule is CC1CCCN(C(=O)C2CC=CCC2C(=O)O)C1. The summed E-state index contributed by atoms with van der Waals surface area (Å²) in [6.45, 7) is 3.72. The van der Waals surface area contributed by atoms with Crippen LogP contribution in [0.1, 0.15) is 32.6 Å². The monoisotopic (exact) mass is 251 g/mol. The molecule has 1 fully saturated rings. The lowest BCUT2D eigenvalue weighted by atomic mass is 9.81. The molecule has 0 aromatic rings. The number of piperidine rings is 1. The van der Waals surface area contributed by atoms with Crippen molar-refractivity contribution in [3.8, 4) is 0 Å². The fourth-order valence-electron chi connectivity index (χ4n) is 2.98. The van der Waals surface area contributed by atoms with E-state index in [4.69, 9.17) is 0 Å². The fourth-order valence-corrected chi connectivity index (χ4v) is 2.98. The van der Waals surface area contributed by atoms with Crippen LogP contribution in [0.3, 0.4) is 0 Å². The maximum Gasteiger partial charge on any atom is 0.307 e. The van der Waals surface area contributed by atoms with Crippen LogP contribution < -0.4 is 0 Å².